The van der Waals surface area contributed by atoms with E-state index >= 15 is 0 Å². The third kappa shape index (κ3) is 5.90. The molecule has 4 rings (SSSR count). The molecule has 2 heterocycles. The number of amides is 4. The predicted molar refractivity (Wildman–Crippen MR) is 147 cm³/mol. The number of nitrogens with zero attached hydrogens (tertiary/aromatic N) is 2. The Morgan fingerprint density at radius 2 is 1.62 bits per heavy atom. The molecule has 2 fully saturated rings. The lowest BCUT2D eigenvalue weighted by molar-refractivity contribution is -0.139. The fourth-order valence-corrected chi connectivity index (χ4v) is 5.13. The molecule has 12 nitrogen and oxygen atoms in total. The molecule has 4 amide bonds. The van der Waals surface area contributed by atoms with E-state index in [4.69, 9.17) is 9.47 Å². The van der Waals surface area contributed by atoms with Crippen molar-refractivity contribution in [3.05, 3.63) is 54.1 Å². The number of likely N-dealkylation sites (tertiary alicyclic amines) is 1. The van der Waals surface area contributed by atoms with Crippen LogP contribution in [0.25, 0.3) is 0 Å². The number of benzene rings is 2. The normalized spacial score (nSPS) is 16.7. The van der Waals surface area contributed by atoms with Crippen molar-refractivity contribution in [2.45, 2.75) is 38.3 Å². The molecule has 214 valence electrons. The number of nitrogens with one attached hydrogen (secondary N) is 3. The number of hydrogen-bond acceptors (Lipinski definition) is 7. The maximum atomic E-state index is 13.1. The molecule has 1 atom stereocenters. The Balaban J connectivity index is 1.38. The topological polar surface area (TPSA) is 150 Å². The Labute approximate surface area is 232 Å². The molecule has 0 saturated carbocycles. The van der Waals surface area contributed by atoms with E-state index in [1.54, 1.807) is 36.9 Å². The number of hydrogen-bond donors (Lipinski definition) is 4. The van der Waals surface area contributed by atoms with E-state index in [0.717, 1.165) is 5.69 Å². The average Bonchev–Trinajstić information content (AvgIpc) is 3.26. The molecule has 2 aliphatic heterocycles. The molecule has 1 spiro atoms. The van der Waals surface area contributed by atoms with Gasteiger partial charge in [0.2, 0.25) is 5.91 Å². The van der Waals surface area contributed by atoms with Gasteiger partial charge in [0.05, 0.1) is 26.4 Å². The minimum absolute atomic E-state index is 0.0659. The summed E-state index contributed by atoms with van der Waals surface area (Å²) in [6.45, 7) is 4.83. The van der Waals surface area contributed by atoms with Gasteiger partial charge in [0.15, 0.2) is 0 Å². The van der Waals surface area contributed by atoms with E-state index in [-0.39, 0.29) is 29.5 Å². The Kier molecular flexibility index (Phi) is 8.97. The first-order valence-electron chi connectivity index (χ1n) is 13.4. The van der Waals surface area contributed by atoms with E-state index in [1.807, 2.05) is 35.2 Å². The summed E-state index contributed by atoms with van der Waals surface area (Å²) in [5, 5.41) is 17.8. The first-order chi connectivity index (χ1) is 19.3. The van der Waals surface area contributed by atoms with Gasteiger partial charge in [-0.2, -0.15) is 0 Å². The van der Waals surface area contributed by atoms with E-state index in [2.05, 4.69) is 16.0 Å². The highest BCUT2D eigenvalue weighted by atomic mass is 16.5. The Bertz CT molecular complexity index is 1210. The van der Waals surface area contributed by atoms with E-state index in [1.165, 1.54) is 0 Å². The molecule has 1 unspecified atom stereocenters. The molecule has 4 N–H and O–H groups in total. The second kappa shape index (κ2) is 12.6. The van der Waals surface area contributed by atoms with Gasteiger partial charge in [-0.25, -0.2) is 9.59 Å². The first kappa shape index (κ1) is 28.5. The molecule has 2 saturated heterocycles. The molecule has 12 heteroatoms. The second-order valence-corrected chi connectivity index (χ2v) is 9.49. The largest absolute Gasteiger partial charge is 0.493 e. The van der Waals surface area contributed by atoms with Crippen LogP contribution in [-0.2, 0) is 9.59 Å². The van der Waals surface area contributed by atoms with Gasteiger partial charge in [-0.05, 0) is 51.0 Å². The zero-order chi connectivity index (χ0) is 28.7. The van der Waals surface area contributed by atoms with Gasteiger partial charge in [-0.1, -0.05) is 24.3 Å². The van der Waals surface area contributed by atoms with Crippen LogP contribution in [0.2, 0.25) is 0 Å². The Morgan fingerprint density at radius 3 is 2.20 bits per heavy atom. The van der Waals surface area contributed by atoms with Crippen LogP contribution in [-0.4, -0.2) is 84.9 Å². The van der Waals surface area contributed by atoms with Crippen molar-refractivity contribution >= 4 is 29.5 Å². The number of carbonyl (C=O) groups is 4. The molecule has 2 aromatic carbocycles. The van der Waals surface area contributed by atoms with Crippen LogP contribution in [0.4, 0.5) is 10.5 Å². The van der Waals surface area contributed by atoms with Crippen LogP contribution >= 0.6 is 0 Å². The zero-order valence-corrected chi connectivity index (χ0v) is 22.6. The van der Waals surface area contributed by atoms with Gasteiger partial charge in [0.25, 0.3) is 5.91 Å². The van der Waals surface area contributed by atoms with Crippen LogP contribution in [0, 0.1) is 0 Å². The van der Waals surface area contributed by atoms with Crippen LogP contribution < -0.4 is 30.3 Å². The number of carboxylic acids is 1. The number of aliphatic carboxylic acids is 1. The average molecular weight is 554 g/mol. The summed E-state index contributed by atoms with van der Waals surface area (Å²) in [5.74, 6) is -1.53. The maximum absolute atomic E-state index is 13.1. The van der Waals surface area contributed by atoms with E-state index in [9.17, 15) is 24.3 Å². The SMILES string of the molecule is CCOc1cccc(OCC)c1C(=O)NC(CNC(=O)N1CCC2(CC1)C(=O)NCN2c1ccccc1)C(=O)O. The molecule has 2 aromatic rings. The first-order valence-corrected chi connectivity index (χ1v) is 13.4. The Morgan fingerprint density at radius 1 is 1.00 bits per heavy atom. The molecular weight excluding hydrogens is 518 g/mol. The number of ether oxygens (including phenoxy) is 2. The lowest BCUT2D eigenvalue weighted by atomic mass is 9.85. The maximum Gasteiger partial charge on any atom is 0.328 e. The van der Waals surface area contributed by atoms with E-state index in [0.29, 0.717) is 45.8 Å². The summed E-state index contributed by atoms with van der Waals surface area (Å²) < 4.78 is 11.1. The summed E-state index contributed by atoms with van der Waals surface area (Å²) >= 11 is 0. The number of carbonyl (C=O) groups excluding carboxylic acids is 3. The Hall–Kier alpha value is -4.48. The zero-order valence-electron chi connectivity index (χ0n) is 22.6. The number of para-hydroxylation sites is 1. The lowest BCUT2D eigenvalue weighted by Crippen LogP contribution is -2.59. The standard InChI is InChI=1S/C28H35N5O7/c1-3-39-21-11-8-12-22(40-4-2)23(21)24(34)31-20(25(35)36)17-29-27(38)32-15-13-28(14-16-32)26(37)30-18-33(28)19-9-6-5-7-10-19/h5-12,20H,3-4,13-18H2,1-2H3,(H,29,38)(H,30,37)(H,31,34)(H,35,36). The van der Waals surface area contributed by atoms with Crippen molar-refractivity contribution in [1.82, 2.24) is 20.9 Å². The molecular formula is C28H35N5O7. The molecule has 0 radical (unpaired) electrons. The predicted octanol–water partition coefficient (Wildman–Crippen LogP) is 1.81. The van der Waals surface area contributed by atoms with Crippen molar-refractivity contribution in [2.24, 2.45) is 0 Å². The van der Waals surface area contributed by atoms with Gasteiger partial charge in [0.1, 0.15) is 28.6 Å². The summed E-state index contributed by atoms with van der Waals surface area (Å²) in [6, 6.07) is 12.7. The third-order valence-electron chi connectivity index (χ3n) is 7.16. The van der Waals surface area contributed by atoms with Crippen LogP contribution in [0.3, 0.4) is 0 Å². The van der Waals surface area contributed by atoms with Crippen molar-refractivity contribution in [1.29, 1.82) is 0 Å². The highest BCUT2D eigenvalue weighted by Gasteiger charge is 2.50. The molecule has 0 bridgehead atoms. The minimum atomic E-state index is -1.40. The lowest BCUT2D eigenvalue weighted by Gasteiger charge is -2.43. The fourth-order valence-electron chi connectivity index (χ4n) is 5.13. The smallest absolute Gasteiger partial charge is 0.328 e. The van der Waals surface area contributed by atoms with Gasteiger partial charge in [-0.3, -0.25) is 9.59 Å². The quantitative estimate of drug-likeness (QED) is 0.348. The molecule has 0 aromatic heterocycles. The number of anilines is 1. The monoisotopic (exact) mass is 553 g/mol. The molecule has 40 heavy (non-hydrogen) atoms. The van der Waals surface area contributed by atoms with Gasteiger partial charge in [0, 0.05) is 18.8 Å². The number of piperidine rings is 1. The third-order valence-corrected chi connectivity index (χ3v) is 7.16. The number of carboxylic acid groups (broad SMARTS) is 1. The van der Waals surface area contributed by atoms with Gasteiger partial charge < -0.3 is 40.3 Å². The number of urea groups is 1. The minimum Gasteiger partial charge on any atom is -0.493 e. The van der Waals surface area contributed by atoms with Crippen molar-refractivity contribution < 1.29 is 33.8 Å². The van der Waals surface area contributed by atoms with E-state index < -0.39 is 29.5 Å². The van der Waals surface area contributed by atoms with Crippen LogP contribution in [0.1, 0.15) is 37.0 Å². The van der Waals surface area contributed by atoms with Crippen molar-refractivity contribution in [3.8, 4) is 11.5 Å². The highest BCUT2D eigenvalue weighted by Crippen LogP contribution is 2.36. The van der Waals surface area contributed by atoms with Gasteiger partial charge >= 0.3 is 12.0 Å². The summed E-state index contributed by atoms with van der Waals surface area (Å²) in [6.07, 6.45) is 0.851. The van der Waals surface area contributed by atoms with Crippen LogP contribution in [0.5, 0.6) is 11.5 Å². The number of rotatable bonds is 10. The molecule has 0 aliphatic carbocycles. The summed E-state index contributed by atoms with van der Waals surface area (Å²) in [5.41, 5.74) is 0.266. The highest BCUT2D eigenvalue weighted by molar-refractivity contribution is 6.01. The summed E-state index contributed by atoms with van der Waals surface area (Å²) in [4.78, 5) is 54.5. The van der Waals surface area contributed by atoms with Crippen molar-refractivity contribution in [2.75, 3.05) is 44.4 Å². The molecule has 2 aliphatic rings. The van der Waals surface area contributed by atoms with Crippen molar-refractivity contribution in [3.63, 3.8) is 0 Å². The second-order valence-electron chi connectivity index (χ2n) is 9.49. The van der Waals surface area contributed by atoms with Gasteiger partial charge in [-0.15, -0.1) is 0 Å². The fraction of sp³-hybridized carbons (Fsp3) is 0.429. The summed E-state index contributed by atoms with van der Waals surface area (Å²) in [7, 11) is 0. The van der Waals surface area contributed by atoms with Crippen LogP contribution in [0.15, 0.2) is 48.5 Å².